The van der Waals surface area contributed by atoms with Crippen molar-refractivity contribution in [2.75, 3.05) is 12.4 Å². The quantitative estimate of drug-likeness (QED) is 0.799. The van der Waals surface area contributed by atoms with Crippen LogP contribution in [-0.4, -0.2) is 18.2 Å². The Morgan fingerprint density at radius 3 is 2.87 bits per heavy atom. The Morgan fingerprint density at radius 1 is 1.26 bits per heavy atom. The number of hydrogen-bond donors (Lipinski definition) is 1. The van der Waals surface area contributed by atoms with Crippen LogP contribution in [0.25, 0.3) is 11.0 Å². The molecule has 0 unspecified atom stereocenters. The number of methoxy groups -OCH3 is 1. The summed E-state index contributed by atoms with van der Waals surface area (Å²) in [5.41, 5.74) is 4.21. The number of aromatic nitrogens is 1. The van der Waals surface area contributed by atoms with Gasteiger partial charge in [-0.05, 0) is 43.2 Å². The van der Waals surface area contributed by atoms with Crippen LogP contribution in [-0.2, 0) is 11.2 Å². The molecule has 0 saturated carbocycles. The van der Waals surface area contributed by atoms with E-state index in [0.717, 1.165) is 22.1 Å². The van der Waals surface area contributed by atoms with Crippen molar-refractivity contribution < 1.29 is 14.1 Å². The lowest BCUT2D eigenvalue weighted by atomic mass is 10.1. The molecule has 0 bridgehead atoms. The lowest BCUT2D eigenvalue weighted by molar-refractivity contribution is -0.115. The predicted octanol–water partition coefficient (Wildman–Crippen LogP) is 3.63. The molecule has 3 rings (SSSR count). The number of carbonyl (C=O) groups is 1. The fourth-order valence-electron chi connectivity index (χ4n) is 2.63. The van der Waals surface area contributed by atoms with Gasteiger partial charge in [0.15, 0.2) is 5.58 Å². The van der Waals surface area contributed by atoms with Gasteiger partial charge >= 0.3 is 0 Å². The van der Waals surface area contributed by atoms with Crippen LogP contribution in [0.15, 0.2) is 40.9 Å². The second-order valence-corrected chi connectivity index (χ2v) is 5.54. The van der Waals surface area contributed by atoms with Gasteiger partial charge in [-0.15, -0.1) is 0 Å². The molecule has 0 atom stereocenters. The van der Waals surface area contributed by atoms with Gasteiger partial charge in [-0.1, -0.05) is 17.3 Å². The monoisotopic (exact) mass is 310 g/mol. The summed E-state index contributed by atoms with van der Waals surface area (Å²) in [6, 6.07) is 11.3. The molecule has 0 aliphatic carbocycles. The molecule has 0 saturated heterocycles. The Hall–Kier alpha value is -2.82. The first kappa shape index (κ1) is 15.1. The molecule has 0 aliphatic rings. The van der Waals surface area contributed by atoms with E-state index in [-0.39, 0.29) is 12.3 Å². The smallest absolute Gasteiger partial charge is 0.230 e. The normalized spacial score (nSPS) is 10.7. The number of nitrogens with one attached hydrogen (secondary N) is 1. The maximum Gasteiger partial charge on any atom is 0.230 e. The van der Waals surface area contributed by atoms with Gasteiger partial charge in [0.2, 0.25) is 5.91 Å². The summed E-state index contributed by atoms with van der Waals surface area (Å²) in [7, 11) is 1.59. The van der Waals surface area contributed by atoms with E-state index in [1.54, 1.807) is 13.2 Å². The van der Waals surface area contributed by atoms with Gasteiger partial charge in [0.25, 0.3) is 0 Å². The van der Waals surface area contributed by atoms with Gasteiger partial charge in [-0.25, -0.2) is 0 Å². The highest BCUT2D eigenvalue weighted by atomic mass is 16.5. The van der Waals surface area contributed by atoms with E-state index in [1.165, 1.54) is 0 Å². The van der Waals surface area contributed by atoms with E-state index in [0.29, 0.717) is 17.1 Å². The Labute approximate surface area is 134 Å². The molecule has 0 fully saturated rings. The number of nitrogens with zero attached hydrogens (tertiary/aromatic N) is 1. The minimum atomic E-state index is -0.146. The number of hydrogen-bond acceptors (Lipinski definition) is 4. The summed E-state index contributed by atoms with van der Waals surface area (Å²) in [6.07, 6.45) is 0.160. The van der Waals surface area contributed by atoms with Crippen molar-refractivity contribution in [2.24, 2.45) is 0 Å². The number of ether oxygens (including phenoxy) is 1. The van der Waals surface area contributed by atoms with Crippen LogP contribution in [0.4, 0.5) is 5.69 Å². The second kappa shape index (κ2) is 6.12. The van der Waals surface area contributed by atoms with Gasteiger partial charge in [0.05, 0.1) is 13.5 Å². The SMILES string of the molecule is COc1cccc(NC(=O)Cc2noc3c(C)cc(C)cc23)c1. The van der Waals surface area contributed by atoms with Crippen LogP contribution < -0.4 is 10.1 Å². The lowest BCUT2D eigenvalue weighted by Gasteiger charge is -2.06. The molecule has 0 spiro atoms. The molecule has 23 heavy (non-hydrogen) atoms. The number of fused-ring (bicyclic) bond motifs is 1. The van der Waals surface area contributed by atoms with E-state index < -0.39 is 0 Å². The van der Waals surface area contributed by atoms with Crippen molar-refractivity contribution in [1.29, 1.82) is 0 Å². The topological polar surface area (TPSA) is 64.4 Å². The van der Waals surface area contributed by atoms with Gasteiger partial charge in [0.1, 0.15) is 11.4 Å². The van der Waals surface area contributed by atoms with Crippen LogP contribution in [0.3, 0.4) is 0 Å². The fourth-order valence-corrected chi connectivity index (χ4v) is 2.63. The number of amides is 1. The predicted molar refractivity (Wildman–Crippen MR) is 88.8 cm³/mol. The molecule has 0 aliphatic heterocycles. The van der Waals surface area contributed by atoms with Crippen molar-refractivity contribution in [1.82, 2.24) is 5.16 Å². The molecule has 1 heterocycles. The molecule has 1 aromatic heterocycles. The Morgan fingerprint density at radius 2 is 2.09 bits per heavy atom. The average molecular weight is 310 g/mol. The molecule has 1 amide bonds. The van der Waals surface area contributed by atoms with Crippen molar-refractivity contribution in [3.05, 3.63) is 53.2 Å². The first-order chi connectivity index (χ1) is 11.1. The Balaban J connectivity index is 1.80. The van der Waals surface area contributed by atoms with E-state index in [9.17, 15) is 4.79 Å². The van der Waals surface area contributed by atoms with Gasteiger partial charge in [0, 0.05) is 17.1 Å². The lowest BCUT2D eigenvalue weighted by Crippen LogP contribution is -2.14. The number of carbonyl (C=O) groups excluding carboxylic acids is 1. The third-order valence-corrected chi connectivity index (χ3v) is 3.66. The zero-order chi connectivity index (χ0) is 16.4. The maximum atomic E-state index is 12.3. The molecule has 5 nitrogen and oxygen atoms in total. The molecule has 3 aromatic rings. The summed E-state index contributed by atoms with van der Waals surface area (Å²) in [5, 5.41) is 7.79. The average Bonchev–Trinajstić information content (AvgIpc) is 2.90. The highest BCUT2D eigenvalue weighted by Crippen LogP contribution is 2.24. The number of anilines is 1. The first-order valence-corrected chi connectivity index (χ1v) is 7.36. The third kappa shape index (κ3) is 3.18. The van der Waals surface area contributed by atoms with Crippen LogP contribution in [0, 0.1) is 13.8 Å². The molecule has 118 valence electrons. The van der Waals surface area contributed by atoms with E-state index in [1.807, 2.05) is 44.2 Å². The highest BCUT2D eigenvalue weighted by Gasteiger charge is 2.14. The van der Waals surface area contributed by atoms with Crippen molar-refractivity contribution in [3.63, 3.8) is 0 Å². The van der Waals surface area contributed by atoms with Gasteiger partial charge in [-0.2, -0.15) is 0 Å². The molecule has 5 heteroatoms. The fraction of sp³-hybridized carbons (Fsp3) is 0.222. The van der Waals surface area contributed by atoms with Gasteiger partial charge in [-0.3, -0.25) is 4.79 Å². The van der Waals surface area contributed by atoms with E-state index >= 15 is 0 Å². The Bertz CT molecular complexity index is 868. The summed E-state index contributed by atoms with van der Waals surface area (Å²) >= 11 is 0. The highest BCUT2D eigenvalue weighted by molar-refractivity contribution is 5.95. The maximum absolute atomic E-state index is 12.3. The minimum absolute atomic E-state index is 0.146. The number of benzene rings is 2. The van der Waals surface area contributed by atoms with Crippen LogP contribution in [0.5, 0.6) is 5.75 Å². The molecule has 0 radical (unpaired) electrons. The number of rotatable bonds is 4. The standard InChI is InChI=1S/C18H18N2O3/c1-11-7-12(2)18-15(8-11)16(20-23-18)10-17(21)19-13-5-4-6-14(9-13)22-3/h4-9H,10H2,1-3H3,(H,19,21). The first-order valence-electron chi connectivity index (χ1n) is 7.36. The summed E-state index contributed by atoms with van der Waals surface area (Å²) < 4.78 is 10.5. The molecule has 2 aromatic carbocycles. The van der Waals surface area contributed by atoms with Crippen LogP contribution >= 0.6 is 0 Å². The number of aryl methyl sites for hydroxylation is 2. The zero-order valence-electron chi connectivity index (χ0n) is 13.3. The van der Waals surface area contributed by atoms with Crippen LogP contribution in [0.2, 0.25) is 0 Å². The molecule has 1 N–H and O–H groups in total. The van der Waals surface area contributed by atoms with Gasteiger partial charge < -0.3 is 14.6 Å². The molecular formula is C18H18N2O3. The summed E-state index contributed by atoms with van der Waals surface area (Å²) in [4.78, 5) is 12.3. The Kier molecular flexibility index (Phi) is 4.02. The third-order valence-electron chi connectivity index (χ3n) is 3.66. The van der Waals surface area contributed by atoms with Crippen molar-refractivity contribution >= 4 is 22.6 Å². The van der Waals surface area contributed by atoms with E-state index in [2.05, 4.69) is 10.5 Å². The second-order valence-electron chi connectivity index (χ2n) is 5.54. The zero-order valence-corrected chi connectivity index (χ0v) is 13.3. The summed E-state index contributed by atoms with van der Waals surface area (Å²) in [5.74, 6) is 0.550. The van der Waals surface area contributed by atoms with Crippen molar-refractivity contribution in [2.45, 2.75) is 20.3 Å². The largest absolute Gasteiger partial charge is 0.497 e. The van der Waals surface area contributed by atoms with E-state index in [4.69, 9.17) is 9.26 Å². The van der Waals surface area contributed by atoms with Crippen molar-refractivity contribution in [3.8, 4) is 5.75 Å². The van der Waals surface area contributed by atoms with Crippen LogP contribution in [0.1, 0.15) is 16.8 Å². The molecular weight excluding hydrogens is 292 g/mol. The summed E-state index contributed by atoms with van der Waals surface area (Å²) in [6.45, 7) is 3.99. The minimum Gasteiger partial charge on any atom is -0.497 e.